The molecule has 2 aromatic heterocycles. The van der Waals surface area contributed by atoms with Crippen LogP contribution < -0.4 is 9.47 Å². The minimum absolute atomic E-state index is 0.0204. The van der Waals surface area contributed by atoms with Gasteiger partial charge in [0, 0.05) is 38.9 Å². The Morgan fingerprint density at radius 2 is 1.91 bits per heavy atom. The van der Waals surface area contributed by atoms with Crippen molar-refractivity contribution in [2.75, 3.05) is 26.4 Å². The Kier molecular flexibility index (Phi) is 9.56. The van der Waals surface area contributed by atoms with Crippen LogP contribution >= 0.6 is 0 Å². The number of fused-ring (bicyclic) bond motifs is 2. The molecular formula is C31H35F2N5O7S. The van der Waals surface area contributed by atoms with E-state index >= 15 is 0 Å². The quantitative estimate of drug-likeness (QED) is 0.287. The summed E-state index contributed by atoms with van der Waals surface area (Å²) in [5.74, 6) is -2.23. The van der Waals surface area contributed by atoms with E-state index in [1.807, 2.05) is 6.92 Å². The number of aromatic nitrogens is 4. The van der Waals surface area contributed by atoms with Crippen molar-refractivity contribution in [3.63, 3.8) is 0 Å². The highest BCUT2D eigenvalue weighted by Crippen LogP contribution is 2.44. The first-order valence-electron chi connectivity index (χ1n) is 14.6. The summed E-state index contributed by atoms with van der Waals surface area (Å²) in [6, 6.07) is 11.3. The summed E-state index contributed by atoms with van der Waals surface area (Å²) < 4.78 is 73.6. The lowest BCUT2D eigenvalue weighted by molar-refractivity contribution is -0.147. The van der Waals surface area contributed by atoms with E-state index in [4.69, 9.17) is 14.2 Å². The maximum atomic E-state index is 14.0. The van der Waals surface area contributed by atoms with Crippen molar-refractivity contribution in [2.45, 2.75) is 51.2 Å². The van der Waals surface area contributed by atoms with Crippen molar-refractivity contribution >= 4 is 27.0 Å². The predicted octanol–water partition coefficient (Wildman–Crippen LogP) is 4.51. The van der Waals surface area contributed by atoms with Gasteiger partial charge in [0.2, 0.25) is 15.9 Å². The summed E-state index contributed by atoms with van der Waals surface area (Å²) in [5.41, 5.74) is 1.31. The van der Waals surface area contributed by atoms with Gasteiger partial charge in [-0.05, 0) is 73.7 Å². The Labute approximate surface area is 264 Å². The van der Waals surface area contributed by atoms with Crippen LogP contribution in [0.25, 0.3) is 11.0 Å². The molecule has 0 spiro atoms. The number of benzene rings is 2. The second kappa shape index (κ2) is 13.3. The Morgan fingerprint density at radius 3 is 2.65 bits per heavy atom. The normalized spacial score (nSPS) is 16.8. The number of carboxylic acids is 1. The molecule has 0 unspecified atom stereocenters. The van der Waals surface area contributed by atoms with Gasteiger partial charge in [0.15, 0.2) is 5.75 Å². The number of hydrogen-bond acceptors (Lipinski definition) is 9. The topological polar surface area (TPSA) is 146 Å². The molecule has 1 aliphatic heterocycles. The highest BCUT2D eigenvalue weighted by atomic mass is 32.2. The Balaban J connectivity index is 1.62. The molecule has 5 rings (SSSR count). The van der Waals surface area contributed by atoms with Gasteiger partial charge in [-0.25, -0.2) is 18.1 Å². The largest absolute Gasteiger partial charge is 0.481 e. The number of aliphatic carboxylic acids is 1. The van der Waals surface area contributed by atoms with Gasteiger partial charge in [0.25, 0.3) is 0 Å². The molecule has 0 saturated heterocycles. The van der Waals surface area contributed by atoms with E-state index in [1.165, 1.54) is 54.3 Å². The number of sulfonamides is 1. The Hall–Kier alpha value is -4.21. The number of pyridine rings is 1. The summed E-state index contributed by atoms with van der Waals surface area (Å²) in [6.07, 6.45) is 1.88. The molecule has 0 fully saturated rings. The summed E-state index contributed by atoms with van der Waals surface area (Å²) in [4.78, 5) is 16.7. The van der Waals surface area contributed by atoms with E-state index in [-0.39, 0.29) is 53.9 Å². The highest BCUT2D eigenvalue weighted by molar-refractivity contribution is 7.89. The molecule has 15 heteroatoms. The Bertz CT molecular complexity index is 1850. The van der Waals surface area contributed by atoms with Gasteiger partial charge in [-0.3, -0.25) is 4.79 Å². The molecule has 1 atom stereocenters. The second-order valence-electron chi connectivity index (χ2n) is 11.6. The molecule has 46 heavy (non-hydrogen) atoms. The fourth-order valence-electron chi connectivity index (χ4n) is 5.65. The summed E-state index contributed by atoms with van der Waals surface area (Å²) in [5, 5.41) is 18.3. The summed E-state index contributed by atoms with van der Waals surface area (Å²) in [6.45, 7) is 2.61. The minimum atomic E-state index is -4.09. The molecule has 0 amide bonds. The zero-order valence-electron chi connectivity index (χ0n) is 25.8. The smallest absolute Gasteiger partial charge is 0.387 e. The number of aryl methyl sites for hydroxylation is 2. The molecule has 4 aromatic rings. The van der Waals surface area contributed by atoms with Crippen LogP contribution in [0.2, 0.25) is 0 Å². The average Bonchev–Trinajstić information content (AvgIpc) is 3.36. The van der Waals surface area contributed by atoms with Crippen LogP contribution in [0.15, 0.2) is 53.6 Å². The third kappa shape index (κ3) is 6.66. The number of hydrogen-bond donors (Lipinski definition) is 1. The van der Waals surface area contributed by atoms with E-state index in [2.05, 4.69) is 15.3 Å². The van der Waals surface area contributed by atoms with Crippen molar-refractivity contribution in [1.29, 1.82) is 0 Å². The lowest BCUT2D eigenvalue weighted by Crippen LogP contribution is -2.33. The number of ether oxygens (including phenoxy) is 3. The maximum absolute atomic E-state index is 14.0. The van der Waals surface area contributed by atoms with Crippen LogP contribution in [0.4, 0.5) is 8.78 Å². The molecule has 0 bridgehead atoms. The van der Waals surface area contributed by atoms with Gasteiger partial charge in [-0.2, -0.15) is 13.1 Å². The molecule has 0 saturated carbocycles. The SMILES string of the molecule is Cc1ccc([C@@H](c2cc(OC(F)F)c3c(c2)nnn3C)C(C)(C)C(=O)O)cc1CN1CCCOCCOc2ncccc2S1(=O)=O. The van der Waals surface area contributed by atoms with Gasteiger partial charge in [0.05, 0.1) is 12.0 Å². The van der Waals surface area contributed by atoms with E-state index in [1.54, 1.807) is 24.3 Å². The number of halogens is 2. The first-order chi connectivity index (χ1) is 21.8. The molecular weight excluding hydrogens is 624 g/mol. The average molecular weight is 660 g/mol. The Morgan fingerprint density at radius 1 is 1.13 bits per heavy atom. The molecule has 0 radical (unpaired) electrons. The third-order valence-corrected chi connectivity index (χ3v) is 9.94. The maximum Gasteiger partial charge on any atom is 0.387 e. The van der Waals surface area contributed by atoms with Crippen molar-refractivity contribution in [1.82, 2.24) is 24.3 Å². The van der Waals surface area contributed by atoms with Crippen LogP contribution in [0.1, 0.15) is 48.4 Å². The van der Waals surface area contributed by atoms with Gasteiger partial charge in [-0.15, -0.1) is 5.10 Å². The fraction of sp³-hybridized carbons (Fsp3) is 0.419. The molecule has 246 valence electrons. The van der Waals surface area contributed by atoms with E-state index < -0.39 is 33.9 Å². The predicted molar refractivity (Wildman–Crippen MR) is 162 cm³/mol. The first-order valence-corrected chi connectivity index (χ1v) is 16.0. The van der Waals surface area contributed by atoms with Crippen molar-refractivity contribution in [3.05, 3.63) is 70.9 Å². The first kappa shape index (κ1) is 33.2. The third-order valence-electron chi connectivity index (χ3n) is 8.08. The van der Waals surface area contributed by atoms with E-state index in [0.29, 0.717) is 29.7 Å². The number of carboxylic acid groups (broad SMARTS) is 1. The van der Waals surface area contributed by atoms with Gasteiger partial charge >= 0.3 is 12.6 Å². The number of nitrogens with zero attached hydrogens (tertiary/aromatic N) is 5. The van der Waals surface area contributed by atoms with E-state index in [0.717, 1.165) is 5.56 Å². The second-order valence-corrected chi connectivity index (χ2v) is 13.5. The zero-order valence-corrected chi connectivity index (χ0v) is 26.6. The van der Waals surface area contributed by atoms with Crippen LogP contribution in [0, 0.1) is 12.3 Å². The van der Waals surface area contributed by atoms with Crippen molar-refractivity contribution in [3.8, 4) is 11.6 Å². The fourth-order valence-corrected chi connectivity index (χ4v) is 7.19. The van der Waals surface area contributed by atoms with Crippen molar-refractivity contribution < 1.29 is 41.3 Å². The minimum Gasteiger partial charge on any atom is -0.481 e. The van der Waals surface area contributed by atoms with Gasteiger partial charge in [-0.1, -0.05) is 23.4 Å². The van der Waals surface area contributed by atoms with Crippen LogP contribution in [0.3, 0.4) is 0 Å². The zero-order chi connectivity index (χ0) is 33.2. The number of rotatable bonds is 8. The summed E-state index contributed by atoms with van der Waals surface area (Å²) in [7, 11) is -2.55. The lowest BCUT2D eigenvalue weighted by Gasteiger charge is -2.32. The monoisotopic (exact) mass is 659 g/mol. The van der Waals surface area contributed by atoms with Crippen LogP contribution in [-0.4, -0.2) is 76.8 Å². The van der Waals surface area contributed by atoms with Crippen molar-refractivity contribution in [2.24, 2.45) is 12.5 Å². The van der Waals surface area contributed by atoms with Crippen LogP contribution in [0.5, 0.6) is 11.6 Å². The molecule has 12 nitrogen and oxygen atoms in total. The van der Waals surface area contributed by atoms with Crippen LogP contribution in [-0.2, 0) is 33.1 Å². The van der Waals surface area contributed by atoms with Gasteiger partial charge in [0.1, 0.15) is 22.5 Å². The standard InChI is InChI=1S/C31H35F2N5O7S/c1-19-8-9-20(15-22(19)18-38-11-6-12-43-13-14-44-28-25(46(38,41)42)7-5-10-34-28)26(31(2,3)29(39)40)21-16-23-27(37(4)36-35-23)24(17-21)45-30(32)33/h5,7-10,15-17,26,30H,6,11-14,18H2,1-4H3,(H,39,40)/t26-/m0/s1. The number of alkyl halides is 2. The molecule has 1 aliphatic rings. The molecule has 2 aromatic carbocycles. The molecule has 0 aliphatic carbocycles. The van der Waals surface area contributed by atoms with Gasteiger partial charge < -0.3 is 19.3 Å². The summed E-state index contributed by atoms with van der Waals surface area (Å²) >= 11 is 0. The highest BCUT2D eigenvalue weighted by Gasteiger charge is 2.40. The number of carbonyl (C=O) groups is 1. The molecule has 3 heterocycles. The lowest BCUT2D eigenvalue weighted by atomic mass is 9.70. The molecule has 1 N–H and O–H groups in total. The van der Waals surface area contributed by atoms with E-state index in [9.17, 15) is 27.1 Å².